The molecule has 1 aliphatic rings. The van der Waals surface area contributed by atoms with Crippen molar-refractivity contribution >= 4 is 11.4 Å². The van der Waals surface area contributed by atoms with Gasteiger partial charge in [-0.2, -0.15) is 0 Å². The number of nitrogen functional groups attached to an aromatic ring is 1. The van der Waals surface area contributed by atoms with Crippen LogP contribution in [0.1, 0.15) is 25.7 Å². The van der Waals surface area contributed by atoms with E-state index < -0.39 is 5.60 Å². The highest BCUT2D eigenvalue weighted by Crippen LogP contribution is 2.32. The second-order valence-corrected chi connectivity index (χ2v) is 4.71. The minimum Gasteiger partial charge on any atom is -0.495 e. The predicted octanol–water partition coefficient (Wildman–Crippen LogP) is 1.99. The van der Waals surface area contributed by atoms with E-state index in [1.165, 1.54) is 0 Å². The van der Waals surface area contributed by atoms with Crippen LogP contribution in [0.3, 0.4) is 0 Å². The van der Waals surface area contributed by atoms with E-state index in [0.717, 1.165) is 31.4 Å². The van der Waals surface area contributed by atoms with Crippen LogP contribution in [0.4, 0.5) is 11.4 Å². The lowest BCUT2D eigenvalue weighted by Gasteiger charge is -2.23. The van der Waals surface area contributed by atoms with Crippen molar-refractivity contribution in [3.05, 3.63) is 18.2 Å². The van der Waals surface area contributed by atoms with Crippen LogP contribution in [0.25, 0.3) is 0 Å². The zero-order chi connectivity index (χ0) is 12.3. The van der Waals surface area contributed by atoms with E-state index in [1.807, 2.05) is 18.2 Å². The average Bonchev–Trinajstić information content (AvgIpc) is 2.75. The van der Waals surface area contributed by atoms with Gasteiger partial charge in [0.2, 0.25) is 0 Å². The van der Waals surface area contributed by atoms with Crippen molar-refractivity contribution < 1.29 is 9.84 Å². The Kier molecular flexibility index (Phi) is 3.43. The Morgan fingerprint density at radius 2 is 2.12 bits per heavy atom. The molecule has 0 heterocycles. The molecule has 0 atom stereocenters. The van der Waals surface area contributed by atoms with E-state index in [9.17, 15) is 5.11 Å². The van der Waals surface area contributed by atoms with E-state index in [2.05, 4.69) is 5.32 Å². The van der Waals surface area contributed by atoms with Gasteiger partial charge in [-0.1, -0.05) is 18.9 Å². The zero-order valence-electron chi connectivity index (χ0n) is 10.2. The summed E-state index contributed by atoms with van der Waals surface area (Å²) in [5.41, 5.74) is 6.80. The quantitative estimate of drug-likeness (QED) is 0.699. The molecule has 4 heteroatoms. The lowest BCUT2D eigenvalue weighted by atomic mass is 10.0. The number of methoxy groups -OCH3 is 1. The summed E-state index contributed by atoms with van der Waals surface area (Å²) < 4.78 is 5.16. The van der Waals surface area contributed by atoms with Crippen LogP contribution in [0.15, 0.2) is 18.2 Å². The number of benzene rings is 1. The molecule has 0 unspecified atom stereocenters. The minimum absolute atomic E-state index is 0.546. The standard InChI is InChI=1S/C13H20N2O2/c1-17-11-6-4-5-10(12(11)14)15-9-13(16)7-2-3-8-13/h4-6,15-16H,2-3,7-9,14H2,1H3. The third-order valence-corrected chi connectivity index (χ3v) is 3.43. The molecular weight excluding hydrogens is 216 g/mol. The maximum atomic E-state index is 10.2. The Hall–Kier alpha value is -1.42. The largest absolute Gasteiger partial charge is 0.495 e. The summed E-state index contributed by atoms with van der Waals surface area (Å²) in [6.45, 7) is 0.546. The molecule has 17 heavy (non-hydrogen) atoms. The highest BCUT2D eigenvalue weighted by molar-refractivity contribution is 5.72. The van der Waals surface area contributed by atoms with Crippen LogP contribution in [0.5, 0.6) is 5.75 Å². The van der Waals surface area contributed by atoms with Gasteiger partial charge < -0.3 is 20.9 Å². The van der Waals surface area contributed by atoms with Crippen molar-refractivity contribution in [2.75, 3.05) is 24.7 Å². The van der Waals surface area contributed by atoms with Crippen molar-refractivity contribution in [3.63, 3.8) is 0 Å². The normalized spacial score (nSPS) is 18.0. The number of ether oxygens (including phenoxy) is 1. The molecule has 1 saturated carbocycles. The fourth-order valence-corrected chi connectivity index (χ4v) is 2.35. The van der Waals surface area contributed by atoms with Crippen molar-refractivity contribution in [1.82, 2.24) is 0 Å². The average molecular weight is 236 g/mol. The highest BCUT2D eigenvalue weighted by atomic mass is 16.5. The summed E-state index contributed by atoms with van der Waals surface area (Å²) in [5.74, 6) is 0.661. The molecule has 0 spiro atoms. The SMILES string of the molecule is COc1cccc(NCC2(O)CCCC2)c1N. The second-order valence-electron chi connectivity index (χ2n) is 4.71. The summed E-state index contributed by atoms with van der Waals surface area (Å²) in [6.07, 6.45) is 3.94. The van der Waals surface area contributed by atoms with Gasteiger partial charge in [-0.15, -0.1) is 0 Å². The van der Waals surface area contributed by atoms with Crippen LogP contribution in [0.2, 0.25) is 0 Å². The molecule has 1 aromatic rings. The van der Waals surface area contributed by atoms with Crippen molar-refractivity contribution in [1.29, 1.82) is 0 Å². The van der Waals surface area contributed by atoms with E-state index >= 15 is 0 Å². The molecule has 2 rings (SSSR count). The molecule has 0 radical (unpaired) electrons. The molecule has 4 N–H and O–H groups in total. The number of anilines is 2. The number of para-hydroxylation sites is 1. The van der Waals surface area contributed by atoms with Crippen LogP contribution in [-0.4, -0.2) is 24.4 Å². The van der Waals surface area contributed by atoms with Gasteiger partial charge in [-0.25, -0.2) is 0 Å². The summed E-state index contributed by atoms with van der Waals surface area (Å²) in [5, 5.41) is 13.5. The molecule has 0 bridgehead atoms. The van der Waals surface area contributed by atoms with Crippen LogP contribution < -0.4 is 15.8 Å². The molecule has 0 amide bonds. The highest BCUT2D eigenvalue weighted by Gasteiger charge is 2.30. The first-order chi connectivity index (χ1) is 8.14. The smallest absolute Gasteiger partial charge is 0.143 e. The first-order valence-corrected chi connectivity index (χ1v) is 6.03. The summed E-state index contributed by atoms with van der Waals surface area (Å²) in [4.78, 5) is 0. The van der Waals surface area contributed by atoms with Gasteiger partial charge in [-0.05, 0) is 25.0 Å². The topological polar surface area (TPSA) is 67.5 Å². The molecule has 94 valence electrons. The number of nitrogens with one attached hydrogen (secondary N) is 1. The Labute approximate surface area is 102 Å². The fraction of sp³-hybridized carbons (Fsp3) is 0.538. The lowest BCUT2D eigenvalue weighted by Crippen LogP contribution is -2.33. The monoisotopic (exact) mass is 236 g/mol. The number of hydrogen-bond acceptors (Lipinski definition) is 4. The van der Waals surface area contributed by atoms with E-state index in [1.54, 1.807) is 7.11 Å². The first-order valence-electron chi connectivity index (χ1n) is 6.03. The number of aliphatic hydroxyl groups is 1. The van der Waals surface area contributed by atoms with Gasteiger partial charge in [-0.3, -0.25) is 0 Å². The molecule has 0 aromatic heterocycles. The Bertz CT molecular complexity index is 387. The third kappa shape index (κ3) is 2.64. The second kappa shape index (κ2) is 4.84. The lowest BCUT2D eigenvalue weighted by molar-refractivity contribution is 0.0615. The molecule has 1 aliphatic carbocycles. The maximum absolute atomic E-state index is 10.2. The number of rotatable bonds is 4. The maximum Gasteiger partial charge on any atom is 0.143 e. The van der Waals surface area contributed by atoms with Crippen LogP contribution in [0, 0.1) is 0 Å². The Morgan fingerprint density at radius 3 is 2.76 bits per heavy atom. The Morgan fingerprint density at radius 1 is 1.41 bits per heavy atom. The molecule has 4 nitrogen and oxygen atoms in total. The van der Waals surface area contributed by atoms with Crippen LogP contribution >= 0.6 is 0 Å². The molecule has 1 aromatic carbocycles. The zero-order valence-corrected chi connectivity index (χ0v) is 10.2. The number of nitrogens with two attached hydrogens (primary N) is 1. The van der Waals surface area contributed by atoms with Gasteiger partial charge in [0.25, 0.3) is 0 Å². The van der Waals surface area contributed by atoms with E-state index in [4.69, 9.17) is 10.5 Å². The van der Waals surface area contributed by atoms with Gasteiger partial charge in [0.1, 0.15) is 5.75 Å². The number of hydrogen-bond donors (Lipinski definition) is 3. The van der Waals surface area contributed by atoms with Crippen molar-refractivity contribution in [2.24, 2.45) is 0 Å². The third-order valence-electron chi connectivity index (χ3n) is 3.43. The van der Waals surface area contributed by atoms with E-state index in [0.29, 0.717) is 18.0 Å². The molecule has 0 saturated heterocycles. The predicted molar refractivity (Wildman–Crippen MR) is 69.3 cm³/mol. The van der Waals surface area contributed by atoms with Gasteiger partial charge in [0.15, 0.2) is 0 Å². The van der Waals surface area contributed by atoms with E-state index in [-0.39, 0.29) is 0 Å². The fourth-order valence-electron chi connectivity index (χ4n) is 2.35. The molecule has 1 fully saturated rings. The van der Waals surface area contributed by atoms with Gasteiger partial charge in [0.05, 0.1) is 24.1 Å². The minimum atomic E-state index is -0.574. The molecule has 0 aliphatic heterocycles. The summed E-state index contributed by atoms with van der Waals surface area (Å²) in [6, 6.07) is 5.61. The van der Waals surface area contributed by atoms with Gasteiger partial charge >= 0.3 is 0 Å². The Balaban J connectivity index is 2.03. The first kappa shape index (κ1) is 12.0. The van der Waals surface area contributed by atoms with Crippen molar-refractivity contribution in [3.8, 4) is 5.75 Å². The van der Waals surface area contributed by atoms with Crippen molar-refractivity contribution in [2.45, 2.75) is 31.3 Å². The summed E-state index contributed by atoms with van der Waals surface area (Å²) >= 11 is 0. The summed E-state index contributed by atoms with van der Waals surface area (Å²) in [7, 11) is 1.60. The van der Waals surface area contributed by atoms with Crippen LogP contribution in [-0.2, 0) is 0 Å². The van der Waals surface area contributed by atoms with Gasteiger partial charge in [0, 0.05) is 6.54 Å². The molecular formula is C13H20N2O2.